The average Bonchev–Trinajstić information content (AvgIpc) is 3.18. The Balaban J connectivity index is 0.000000554. The molecule has 3 aliphatic rings. The van der Waals surface area contributed by atoms with E-state index in [-0.39, 0.29) is 59.1 Å². The molecule has 0 radical (unpaired) electrons. The quantitative estimate of drug-likeness (QED) is 0.212. The molecule has 12 nitrogen and oxygen atoms in total. The first-order valence-electron chi connectivity index (χ1n) is 11.8. The molecule has 2 aliphatic heterocycles. The van der Waals surface area contributed by atoms with Crippen molar-refractivity contribution in [2.75, 3.05) is 6.26 Å². The second-order valence-corrected chi connectivity index (χ2v) is 11.2. The summed E-state index contributed by atoms with van der Waals surface area (Å²) in [6.45, 7) is 3.55. The number of rotatable bonds is 1. The van der Waals surface area contributed by atoms with E-state index in [1.54, 1.807) is 24.5 Å². The van der Waals surface area contributed by atoms with Crippen LogP contribution in [0, 0.1) is 12.7 Å². The number of aliphatic hydroxyl groups is 1. The van der Waals surface area contributed by atoms with Gasteiger partial charge in [-0.15, -0.1) is 0 Å². The van der Waals surface area contributed by atoms with Crippen LogP contribution in [-0.2, 0) is 44.8 Å². The highest BCUT2D eigenvalue weighted by Gasteiger charge is 2.45. The number of pyridine rings is 2. The van der Waals surface area contributed by atoms with Crippen LogP contribution in [0.4, 0.5) is 4.39 Å². The van der Waals surface area contributed by atoms with Gasteiger partial charge in [0.2, 0.25) is 0 Å². The zero-order valence-corrected chi connectivity index (χ0v) is 22.3. The third kappa shape index (κ3) is 4.62. The molecule has 0 spiro atoms. The number of nitrogens with two attached hydrogens (primary N) is 1. The summed E-state index contributed by atoms with van der Waals surface area (Å²) >= 11 is 0. The number of esters is 1. The van der Waals surface area contributed by atoms with Crippen LogP contribution in [0.1, 0.15) is 59.2 Å². The number of nitrogens with zero attached hydrogens (tertiary/aromatic N) is 2. The molecular formula is C25H30FN3O9S. The maximum absolute atomic E-state index is 14.7. The van der Waals surface area contributed by atoms with E-state index in [2.05, 4.69) is 0 Å². The minimum atomic E-state index is -3.67. The molecule has 1 aromatic carbocycles. The highest BCUT2D eigenvalue weighted by molar-refractivity contribution is 7.85. The molecule has 0 saturated carbocycles. The maximum atomic E-state index is 14.7. The van der Waals surface area contributed by atoms with Crippen molar-refractivity contribution in [3.05, 3.63) is 61.7 Å². The molecule has 212 valence electrons. The summed E-state index contributed by atoms with van der Waals surface area (Å²) in [4.78, 5) is 30.5. The van der Waals surface area contributed by atoms with Crippen molar-refractivity contribution in [2.45, 2.75) is 57.9 Å². The van der Waals surface area contributed by atoms with E-state index in [1.807, 2.05) is 0 Å². The van der Waals surface area contributed by atoms with Crippen molar-refractivity contribution >= 4 is 27.0 Å². The third-order valence-electron chi connectivity index (χ3n) is 7.42. The van der Waals surface area contributed by atoms with Gasteiger partial charge in [0.05, 0.1) is 35.3 Å². The second kappa shape index (κ2) is 10.0. The predicted octanol–water partition coefficient (Wildman–Crippen LogP) is 0.328. The van der Waals surface area contributed by atoms with E-state index in [1.165, 1.54) is 6.07 Å². The van der Waals surface area contributed by atoms with Crippen LogP contribution in [0.3, 0.4) is 0 Å². The van der Waals surface area contributed by atoms with E-state index in [0.29, 0.717) is 41.6 Å². The van der Waals surface area contributed by atoms with E-state index in [0.717, 1.165) is 22.1 Å². The molecule has 0 amide bonds. The standard InChI is InChI=1S/C24H22FN3O4.CH4O3S.2H2O/c1-3-24(31)14-6-18-21-12(8-28(18)22(29)13(14)9-32-23(24)30)19-16(26)5-4-11-10(2)15(25)7-17(27-21)20(11)19;1-5(2,3)4;;/h6-7,16,31H,3-5,8-9,26H2,1-2H3;1H3,(H,2,3,4);2*1H2/t16?,24-;;;/m0.../s1. The van der Waals surface area contributed by atoms with Crippen LogP contribution in [0.25, 0.3) is 22.3 Å². The molecular weight excluding hydrogens is 537 g/mol. The maximum Gasteiger partial charge on any atom is 0.343 e. The summed E-state index contributed by atoms with van der Waals surface area (Å²) in [5.41, 5.74) is 9.72. The smallest absolute Gasteiger partial charge is 0.343 e. The van der Waals surface area contributed by atoms with Crippen LogP contribution in [-0.4, -0.2) is 50.8 Å². The molecule has 8 N–H and O–H groups in total. The fraction of sp³-hybridized carbons (Fsp3) is 0.400. The van der Waals surface area contributed by atoms with Gasteiger partial charge in [-0.2, -0.15) is 8.42 Å². The monoisotopic (exact) mass is 567 g/mol. The van der Waals surface area contributed by atoms with Gasteiger partial charge < -0.3 is 31.1 Å². The minimum Gasteiger partial charge on any atom is -0.458 e. The van der Waals surface area contributed by atoms with Gasteiger partial charge in [0, 0.05) is 28.6 Å². The van der Waals surface area contributed by atoms with Crippen LogP contribution < -0.4 is 11.3 Å². The van der Waals surface area contributed by atoms with E-state index < -0.39 is 21.7 Å². The van der Waals surface area contributed by atoms with E-state index >= 15 is 0 Å². The molecule has 4 heterocycles. The normalized spacial score (nSPS) is 20.4. The van der Waals surface area contributed by atoms with E-state index in [4.69, 9.17) is 20.0 Å². The summed E-state index contributed by atoms with van der Waals surface area (Å²) in [6, 6.07) is 2.84. The number of halogens is 1. The van der Waals surface area contributed by atoms with Crippen molar-refractivity contribution in [3.63, 3.8) is 0 Å². The summed E-state index contributed by atoms with van der Waals surface area (Å²) in [5, 5.41) is 11.9. The van der Waals surface area contributed by atoms with Crippen molar-refractivity contribution in [1.82, 2.24) is 9.55 Å². The van der Waals surface area contributed by atoms with Gasteiger partial charge in [0.15, 0.2) is 5.60 Å². The first-order chi connectivity index (χ1) is 17.3. The van der Waals surface area contributed by atoms with Gasteiger partial charge >= 0.3 is 5.97 Å². The van der Waals surface area contributed by atoms with Gasteiger partial charge in [-0.1, -0.05) is 6.92 Å². The number of aromatic nitrogens is 2. The molecule has 2 aromatic heterocycles. The number of hydrogen-bond acceptors (Lipinski definition) is 8. The van der Waals surface area contributed by atoms with Crippen LogP contribution in [0.15, 0.2) is 16.9 Å². The number of carbonyl (C=O) groups excluding carboxylic acids is 1. The van der Waals surface area contributed by atoms with Gasteiger partial charge in [-0.05, 0) is 48.9 Å². The molecule has 1 unspecified atom stereocenters. The number of carbonyl (C=O) groups is 1. The molecule has 0 bridgehead atoms. The van der Waals surface area contributed by atoms with Gasteiger partial charge in [0.25, 0.3) is 15.7 Å². The number of ether oxygens (including phenoxy) is 1. The third-order valence-corrected chi connectivity index (χ3v) is 7.42. The number of benzene rings is 1. The SMILES string of the molecule is CC[C@@]1(O)C(=O)OCc2c1cc1n(c2=O)Cc2c-1nc1cc(F)c(C)c3c1c2C(N)CC3.CS(=O)(=O)O.O.O. The molecule has 6 rings (SSSR count). The zero-order chi connectivity index (χ0) is 27.0. The average molecular weight is 568 g/mol. The largest absolute Gasteiger partial charge is 0.458 e. The lowest BCUT2D eigenvalue weighted by atomic mass is 9.82. The Morgan fingerprint density at radius 2 is 1.87 bits per heavy atom. The van der Waals surface area contributed by atoms with Crippen molar-refractivity contribution in [3.8, 4) is 11.4 Å². The van der Waals surface area contributed by atoms with Crippen LogP contribution >= 0.6 is 0 Å². The Hall–Kier alpha value is -3.27. The predicted molar refractivity (Wildman–Crippen MR) is 139 cm³/mol. The molecule has 14 heteroatoms. The molecule has 1 aliphatic carbocycles. The Kier molecular flexibility index (Phi) is 7.79. The van der Waals surface area contributed by atoms with Gasteiger partial charge in [-0.3, -0.25) is 9.35 Å². The van der Waals surface area contributed by atoms with Crippen molar-refractivity contribution in [1.29, 1.82) is 0 Å². The molecule has 0 fully saturated rings. The number of fused-ring (bicyclic) bond motifs is 5. The summed E-state index contributed by atoms with van der Waals surface area (Å²) in [6.07, 6.45) is 2.15. The van der Waals surface area contributed by atoms with Crippen molar-refractivity contribution < 1.29 is 43.0 Å². The molecule has 39 heavy (non-hydrogen) atoms. The fourth-order valence-corrected chi connectivity index (χ4v) is 5.59. The highest BCUT2D eigenvalue weighted by Crippen LogP contribution is 2.45. The first kappa shape index (κ1) is 30.3. The van der Waals surface area contributed by atoms with Crippen molar-refractivity contribution in [2.24, 2.45) is 5.73 Å². The zero-order valence-electron chi connectivity index (χ0n) is 21.5. The number of hydrogen-bond donors (Lipinski definition) is 3. The summed E-state index contributed by atoms with van der Waals surface area (Å²) in [5.74, 6) is -1.08. The lowest BCUT2D eigenvalue weighted by Crippen LogP contribution is -2.44. The topological polar surface area (TPSA) is 225 Å². The number of cyclic esters (lactones) is 1. The van der Waals surface area contributed by atoms with E-state index in [9.17, 15) is 27.5 Å². The van der Waals surface area contributed by atoms with Crippen LogP contribution in [0.5, 0.6) is 0 Å². The first-order valence-corrected chi connectivity index (χ1v) is 13.6. The lowest BCUT2D eigenvalue weighted by molar-refractivity contribution is -0.172. The Morgan fingerprint density at radius 1 is 1.23 bits per heavy atom. The fourth-order valence-electron chi connectivity index (χ4n) is 5.59. The number of aryl methyl sites for hydroxylation is 1. The minimum absolute atomic E-state index is 0. The highest BCUT2D eigenvalue weighted by atomic mass is 32.2. The van der Waals surface area contributed by atoms with Gasteiger partial charge in [-0.25, -0.2) is 14.2 Å². The Labute approximate surface area is 222 Å². The Morgan fingerprint density at radius 3 is 2.49 bits per heavy atom. The summed E-state index contributed by atoms with van der Waals surface area (Å²) < 4.78 is 47.2. The second-order valence-electron chi connectivity index (χ2n) is 9.69. The van der Waals surface area contributed by atoms with Gasteiger partial charge in [0.1, 0.15) is 12.4 Å². The molecule has 3 aromatic rings. The molecule has 2 atom stereocenters. The summed E-state index contributed by atoms with van der Waals surface area (Å²) in [7, 11) is -3.67. The van der Waals surface area contributed by atoms with Crippen LogP contribution in [0.2, 0.25) is 0 Å². The molecule has 0 saturated heterocycles. The lowest BCUT2D eigenvalue weighted by Gasteiger charge is -2.31. The Bertz CT molecular complexity index is 1680.